The molecule has 0 spiro atoms. The third-order valence-corrected chi connectivity index (χ3v) is 7.88. The summed E-state index contributed by atoms with van der Waals surface area (Å²) >= 11 is 0. The fourth-order valence-corrected chi connectivity index (χ4v) is 5.37. The van der Waals surface area contributed by atoms with Gasteiger partial charge in [-0.05, 0) is 71.0 Å². The molecule has 1 atom stereocenters. The van der Waals surface area contributed by atoms with Gasteiger partial charge in [0.2, 0.25) is 11.8 Å². The molecule has 0 aliphatic carbocycles. The van der Waals surface area contributed by atoms with Crippen LogP contribution in [-0.2, 0) is 11.2 Å². The van der Waals surface area contributed by atoms with E-state index in [0.29, 0.717) is 44.6 Å². The Bertz CT molecular complexity index is 1490. The molecule has 2 aliphatic rings. The highest BCUT2D eigenvalue weighted by molar-refractivity contribution is 5.92. The van der Waals surface area contributed by atoms with Gasteiger partial charge in [0.25, 0.3) is 0 Å². The van der Waals surface area contributed by atoms with E-state index in [-0.39, 0.29) is 11.9 Å². The number of rotatable bonds is 11. The molecule has 216 valence electrons. The monoisotopic (exact) mass is 557 g/mol. The summed E-state index contributed by atoms with van der Waals surface area (Å²) in [4.78, 5) is 26.0. The van der Waals surface area contributed by atoms with Crippen molar-refractivity contribution in [2.75, 3.05) is 44.7 Å². The zero-order valence-corrected chi connectivity index (χ0v) is 24.4. The molecule has 2 aromatic heterocycles. The molecule has 41 heavy (non-hydrogen) atoms. The van der Waals surface area contributed by atoms with Gasteiger partial charge in [0.05, 0.1) is 17.3 Å². The van der Waals surface area contributed by atoms with Gasteiger partial charge in [-0.15, -0.1) is 0 Å². The lowest BCUT2D eigenvalue weighted by molar-refractivity contribution is -0.116. The molecule has 0 radical (unpaired) electrons. The number of carbonyl (C=O) groups excluding carboxylic acids is 1. The maximum atomic E-state index is 11.9. The quantitative estimate of drug-likeness (QED) is 0.267. The van der Waals surface area contributed by atoms with Crippen LogP contribution in [-0.4, -0.2) is 76.8 Å². The second kappa shape index (κ2) is 12.6. The van der Waals surface area contributed by atoms with Crippen LogP contribution in [0.5, 0.6) is 11.9 Å². The molecule has 0 bridgehead atoms. The van der Waals surface area contributed by atoms with E-state index in [1.54, 1.807) is 0 Å². The van der Waals surface area contributed by atoms with Crippen molar-refractivity contribution in [1.29, 1.82) is 0 Å². The molecule has 10 nitrogen and oxygen atoms in total. The third-order valence-electron chi connectivity index (χ3n) is 7.88. The first-order chi connectivity index (χ1) is 19.9. The number of aryl methyl sites for hydroxylation is 1. The molecule has 1 saturated heterocycles. The number of hydrogen-bond donors (Lipinski definition) is 2. The van der Waals surface area contributed by atoms with E-state index in [9.17, 15) is 4.79 Å². The largest absolute Gasteiger partial charge is 0.462 e. The smallest absolute Gasteiger partial charge is 0.321 e. The van der Waals surface area contributed by atoms with Gasteiger partial charge >= 0.3 is 6.01 Å². The first-order valence-electron chi connectivity index (χ1n) is 14.2. The lowest BCUT2D eigenvalue weighted by Gasteiger charge is -2.29. The van der Waals surface area contributed by atoms with Gasteiger partial charge in [-0.3, -0.25) is 9.89 Å². The third kappa shape index (κ3) is 6.27. The molecule has 5 rings (SSSR count). The summed E-state index contributed by atoms with van der Waals surface area (Å²) in [6.45, 7) is 12.9. The molecule has 4 heterocycles. The van der Waals surface area contributed by atoms with E-state index in [4.69, 9.17) is 19.4 Å². The lowest BCUT2D eigenvalue weighted by atomic mass is 10.00. The van der Waals surface area contributed by atoms with Crippen LogP contribution in [0.4, 0.5) is 5.82 Å². The number of nitrogens with one attached hydrogen (secondary N) is 2. The van der Waals surface area contributed by atoms with Crippen LogP contribution in [0.25, 0.3) is 16.7 Å². The topological polar surface area (TPSA) is 108 Å². The van der Waals surface area contributed by atoms with E-state index in [0.717, 1.165) is 58.6 Å². The number of H-pyrrole nitrogens is 1. The minimum atomic E-state index is -0.207. The lowest BCUT2D eigenvalue weighted by Crippen LogP contribution is -2.36. The van der Waals surface area contributed by atoms with E-state index in [1.165, 1.54) is 11.6 Å². The van der Waals surface area contributed by atoms with E-state index < -0.39 is 0 Å². The normalized spacial score (nSPS) is 17.1. The molecule has 1 fully saturated rings. The zero-order valence-electron chi connectivity index (χ0n) is 24.4. The number of anilines is 1. The Kier molecular flexibility index (Phi) is 8.68. The maximum Gasteiger partial charge on any atom is 0.321 e. The van der Waals surface area contributed by atoms with Crippen molar-refractivity contribution in [2.24, 2.45) is 0 Å². The second-order valence-electron chi connectivity index (χ2n) is 10.7. The summed E-state index contributed by atoms with van der Waals surface area (Å²) < 4.78 is 12.8. The van der Waals surface area contributed by atoms with Crippen molar-refractivity contribution in [3.05, 3.63) is 65.4 Å². The van der Waals surface area contributed by atoms with E-state index in [2.05, 4.69) is 71.0 Å². The van der Waals surface area contributed by atoms with Crippen molar-refractivity contribution in [2.45, 2.75) is 46.1 Å². The van der Waals surface area contributed by atoms with Crippen molar-refractivity contribution in [3.63, 3.8) is 0 Å². The Morgan fingerprint density at radius 2 is 2.22 bits per heavy atom. The summed E-state index contributed by atoms with van der Waals surface area (Å²) in [5.74, 6) is 1.76. The van der Waals surface area contributed by atoms with Gasteiger partial charge in [-0.25, -0.2) is 0 Å². The molecule has 3 aromatic rings. The predicted molar refractivity (Wildman–Crippen MR) is 161 cm³/mol. The first kappa shape index (κ1) is 28.4. The number of likely N-dealkylation sites (N-methyl/N-ethyl adjacent to an activating group) is 1. The van der Waals surface area contributed by atoms with Gasteiger partial charge < -0.3 is 24.6 Å². The molecule has 1 aromatic carbocycles. The maximum absolute atomic E-state index is 11.9. The number of nitrogens with zero attached hydrogens (tertiary/aromatic N) is 5. The number of ether oxygens (including phenoxy) is 2. The number of benzene rings is 1. The van der Waals surface area contributed by atoms with Gasteiger partial charge in [0.1, 0.15) is 18.2 Å². The highest BCUT2D eigenvalue weighted by Crippen LogP contribution is 2.38. The van der Waals surface area contributed by atoms with Crippen LogP contribution in [0.15, 0.2) is 48.7 Å². The summed E-state index contributed by atoms with van der Waals surface area (Å²) in [6.07, 6.45) is 10.1. The molecule has 2 N–H and O–H groups in total. The Balaban J connectivity index is 1.51. The molecule has 1 amide bonds. The summed E-state index contributed by atoms with van der Waals surface area (Å²) in [5, 5.41) is 11.2. The van der Waals surface area contributed by atoms with Crippen LogP contribution < -0.4 is 19.7 Å². The number of amides is 1. The van der Waals surface area contributed by atoms with Crippen molar-refractivity contribution in [1.82, 2.24) is 30.4 Å². The van der Waals surface area contributed by atoms with Crippen molar-refractivity contribution >= 4 is 28.4 Å². The van der Waals surface area contributed by atoms with E-state index in [1.807, 2.05) is 19.2 Å². The number of hydrogen-bond acceptors (Lipinski definition) is 8. The zero-order chi connectivity index (χ0) is 28.9. The fraction of sp³-hybridized carbons (Fsp3) is 0.419. The Morgan fingerprint density at radius 3 is 2.98 bits per heavy atom. The average Bonchev–Trinajstić information content (AvgIpc) is 3.63. The highest BCUT2D eigenvalue weighted by atomic mass is 16.5. The first-order valence-corrected chi connectivity index (χ1v) is 14.2. The number of likely N-dealkylation sites (tertiary alicyclic amines) is 1. The van der Waals surface area contributed by atoms with Crippen LogP contribution >= 0.6 is 0 Å². The Hall–Kier alpha value is -4.18. The Morgan fingerprint density at radius 1 is 1.37 bits per heavy atom. The average molecular weight is 558 g/mol. The summed E-state index contributed by atoms with van der Waals surface area (Å²) in [7, 11) is 2.12. The van der Waals surface area contributed by atoms with Crippen molar-refractivity contribution < 1.29 is 14.3 Å². The number of carbonyl (C=O) groups is 1. The Labute approximate surface area is 241 Å². The second-order valence-corrected chi connectivity index (χ2v) is 10.7. The van der Waals surface area contributed by atoms with Crippen molar-refractivity contribution in [3.8, 4) is 11.9 Å². The van der Waals surface area contributed by atoms with Gasteiger partial charge in [-0.2, -0.15) is 15.1 Å². The van der Waals surface area contributed by atoms with Gasteiger partial charge in [-0.1, -0.05) is 24.3 Å². The number of aromatic amines is 1. The molecule has 10 heteroatoms. The molecule has 0 unspecified atom stereocenters. The van der Waals surface area contributed by atoms with Crippen LogP contribution in [0.3, 0.4) is 0 Å². The molecule has 0 saturated carbocycles. The fourth-order valence-electron chi connectivity index (χ4n) is 5.37. The number of allylic oxidation sites excluding steroid dienone is 2. The van der Waals surface area contributed by atoms with Crippen LogP contribution in [0, 0.1) is 6.92 Å². The minimum absolute atomic E-state index is 0.207. The highest BCUT2D eigenvalue weighted by Gasteiger charge is 2.28. The predicted octanol–water partition coefficient (Wildman–Crippen LogP) is 4.19. The van der Waals surface area contributed by atoms with Crippen LogP contribution in [0.2, 0.25) is 0 Å². The summed E-state index contributed by atoms with van der Waals surface area (Å²) in [5.41, 5.74) is 5.09. The minimum Gasteiger partial charge on any atom is -0.462 e. The number of fused-ring (bicyclic) bond motifs is 2. The number of aromatic nitrogens is 4. The van der Waals surface area contributed by atoms with E-state index >= 15 is 0 Å². The standard InChI is InChI=1S/C31H39N7O3/c1-6-20(3)18-38(16-14-32-27(39)7-2)29-23-11-13-26(28-21(4)10-12-25-24(28)17-33-36-25)41-30(23)35-31(34-29)40-19-22-9-8-15-37(22)5/h6-7,10,12-13,17,22H,2,8-9,11,14-16,18-19H2,1,3-5H3,(H,32,39)(H,33,36)/b20-6-/t22-/m0/s1. The molecule has 2 aliphatic heterocycles. The van der Waals surface area contributed by atoms with Crippen LogP contribution in [0.1, 0.15) is 43.4 Å². The van der Waals surface area contributed by atoms with Gasteiger partial charge in [0.15, 0.2) is 0 Å². The molecular weight excluding hydrogens is 518 g/mol. The summed E-state index contributed by atoms with van der Waals surface area (Å²) in [6, 6.07) is 4.70. The van der Waals surface area contributed by atoms with Gasteiger partial charge in [0, 0.05) is 43.0 Å². The SMILES string of the molecule is C=CC(=O)NCCN(C/C(C)=C\C)c1nc(OC[C@@H]2CCCN2C)nc2c1CC=C(c1c(C)ccc3[nH]ncc13)O2. The molecular formula is C31H39N7O3.